The molecule has 0 heterocycles. The number of ether oxygens (including phenoxy) is 1. The van der Waals surface area contributed by atoms with E-state index in [1.807, 2.05) is 0 Å². The van der Waals surface area contributed by atoms with Gasteiger partial charge in [0.2, 0.25) is 0 Å². The van der Waals surface area contributed by atoms with Crippen LogP contribution in [0.15, 0.2) is 0 Å². The molecule has 0 saturated heterocycles. The van der Waals surface area contributed by atoms with Gasteiger partial charge in [-0.05, 0) is 0 Å². The molecular weight excluding hydrogens is 186 g/mol. The molecule has 0 aromatic rings. The van der Waals surface area contributed by atoms with Crippen LogP contribution in [-0.4, -0.2) is 38.7 Å². The topological polar surface area (TPSA) is 61.8 Å². The summed E-state index contributed by atoms with van der Waals surface area (Å²) in [4.78, 5) is 10.2. The van der Waals surface area contributed by atoms with Crippen molar-refractivity contribution in [1.82, 2.24) is 0 Å². The molecule has 0 amide bonds. The summed E-state index contributed by atoms with van der Waals surface area (Å²) in [5.41, 5.74) is 0. The number of hydrogen-bond acceptors (Lipinski definition) is 5. The van der Waals surface area contributed by atoms with Gasteiger partial charge in [0, 0.05) is 0 Å². The summed E-state index contributed by atoms with van der Waals surface area (Å²) in [5.74, 6) is 0. The third kappa shape index (κ3) is 10.6. The second kappa shape index (κ2) is 8.65. The van der Waals surface area contributed by atoms with Crippen molar-refractivity contribution in [3.8, 4) is 0 Å². The number of rotatable bonds is 7. The van der Waals surface area contributed by atoms with Crippen molar-refractivity contribution in [3.05, 3.63) is 0 Å². The molecule has 0 saturated carbocycles. The second-order valence-corrected chi connectivity index (χ2v) is 4.00. The van der Waals surface area contributed by atoms with E-state index in [2.05, 4.69) is 0 Å². The Bertz CT molecular complexity index is 114. The van der Waals surface area contributed by atoms with E-state index in [9.17, 15) is 4.89 Å². The predicted molar refractivity (Wildman–Crippen MR) is 44.1 cm³/mol. The molecule has 1 atom stereocenters. The van der Waals surface area contributed by atoms with Crippen molar-refractivity contribution in [2.75, 3.05) is 26.4 Å². The Hall–Kier alpha value is 0.555. The number of aliphatic hydroxyl groups excluding tert-OH is 1. The average molecular weight is 195 g/mol. The summed E-state index contributed by atoms with van der Waals surface area (Å²) < 4.78 is 9.58. The Morgan fingerprint density at radius 1 is 1.45 bits per heavy atom. The van der Waals surface area contributed by atoms with Gasteiger partial charge in [0.05, 0.1) is 0 Å². The van der Waals surface area contributed by atoms with Crippen molar-refractivity contribution in [2.45, 2.75) is 0 Å². The summed E-state index contributed by atoms with van der Waals surface area (Å²) in [6.45, 7) is -0.799. The standard InChI is InChI=1S/C4H9BO4PS/c5-10(7)11-9-4-3-8-2-1-6/h6H,1-4H2. The van der Waals surface area contributed by atoms with E-state index in [0.717, 1.165) is 11.7 Å². The first-order valence-electron chi connectivity index (χ1n) is 2.97. The van der Waals surface area contributed by atoms with Crippen molar-refractivity contribution >= 4 is 25.7 Å². The van der Waals surface area contributed by atoms with E-state index >= 15 is 0 Å². The van der Waals surface area contributed by atoms with Crippen LogP contribution in [0.25, 0.3) is 0 Å². The quantitative estimate of drug-likeness (QED) is 0.254. The Morgan fingerprint density at radius 2 is 2.18 bits per heavy atom. The third-order valence-corrected chi connectivity index (χ3v) is 1.85. The molecule has 0 aliphatic rings. The van der Waals surface area contributed by atoms with Crippen LogP contribution in [0.2, 0.25) is 0 Å². The van der Waals surface area contributed by atoms with Crippen LogP contribution in [-0.2, 0) is 8.92 Å². The summed E-state index contributed by atoms with van der Waals surface area (Å²) in [6.07, 6.45) is 0. The van der Waals surface area contributed by atoms with Crippen molar-refractivity contribution in [3.63, 3.8) is 0 Å². The van der Waals surface area contributed by atoms with Gasteiger partial charge in [-0.2, -0.15) is 0 Å². The first kappa shape index (κ1) is 11.6. The molecule has 4 nitrogen and oxygen atoms in total. The van der Waals surface area contributed by atoms with E-state index in [0.29, 0.717) is 19.8 Å². The summed E-state index contributed by atoms with van der Waals surface area (Å²) in [6, 6.07) is 0. The first-order valence-corrected chi connectivity index (χ1v) is 5.65. The fourth-order valence-corrected chi connectivity index (χ4v) is 1.13. The minimum absolute atomic E-state index is 0.00169. The molecule has 0 aliphatic carbocycles. The van der Waals surface area contributed by atoms with Gasteiger partial charge in [0.15, 0.2) is 0 Å². The molecule has 1 unspecified atom stereocenters. The molecule has 1 N–H and O–H groups in total. The first-order chi connectivity index (χ1) is 5.27. The predicted octanol–water partition coefficient (Wildman–Crippen LogP) is -0.584. The Morgan fingerprint density at radius 3 is 2.73 bits per heavy atom. The van der Waals surface area contributed by atoms with E-state index in [1.54, 1.807) is 0 Å². The van der Waals surface area contributed by atoms with Crippen LogP contribution in [0.3, 0.4) is 0 Å². The van der Waals surface area contributed by atoms with Crippen LogP contribution in [0.1, 0.15) is 0 Å². The Labute approximate surface area is 71.7 Å². The molecular formula is C4H9BO4PS. The van der Waals surface area contributed by atoms with Crippen molar-refractivity contribution < 1.29 is 18.9 Å². The molecule has 0 aromatic carbocycles. The molecule has 1 radical (unpaired) electrons. The van der Waals surface area contributed by atoms with Gasteiger partial charge in [-0.1, -0.05) is 0 Å². The molecule has 0 rings (SSSR count). The third-order valence-electron chi connectivity index (χ3n) is 0.673. The van der Waals surface area contributed by atoms with Gasteiger partial charge in [0.1, 0.15) is 0 Å². The van der Waals surface area contributed by atoms with Crippen LogP contribution >= 0.6 is 18.5 Å². The molecule has 7 heteroatoms. The fourth-order valence-electron chi connectivity index (χ4n) is 0.349. The van der Waals surface area contributed by atoms with Gasteiger partial charge in [0.25, 0.3) is 0 Å². The van der Waals surface area contributed by atoms with E-state index < -0.39 is 6.84 Å². The zero-order valence-electron chi connectivity index (χ0n) is 5.93. The normalized spacial score (nSPS) is 11.5. The Balaban J connectivity index is 2.85. The van der Waals surface area contributed by atoms with E-state index in [-0.39, 0.29) is 6.61 Å². The van der Waals surface area contributed by atoms with Crippen LogP contribution in [0.4, 0.5) is 0 Å². The van der Waals surface area contributed by atoms with E-state index in [1.165, 1.54) is 0 Å². The van der Waals surface area contributed by atoms with E-state index in [4.69, 9.17) is 21.2 Å². The summed E-state index contributed by atoms with van der Waals surface area (Å²) in [5, 5.41) is 8.27. The maximum absolute atomic E-state index is 10.2. The van der Waals surface area contributed by atoms with Gasteiger partial charge < -0.3 is 0 Å². The number of aliphatic hydroxyl groups is 1. The maximum atomic E-state index is 10.2. The molecule has 0 aromatic heterocycles. The monoisotopic (exact) mass is 195 g/mol. The fraction of sp³-hybridized carbons (Fsp3) is 1.00. The van der Waals surface area contributed by atoms with Gasteiger partial charge in [-0.3, -0.25) is 0 Å². The van der Waals surface area contributed by atoms with Crippen molar-refractivity contribution in [1.29, 1.82) is 0 Å². The van der Waals surface area contributed by atoms with Crippen LogP contribution in [0.5, 0.6) is 0 Å². The van der Waals surface area contributed by atoms with Crippen LogP contribution in [0, 0.1) is 0 Å². The van der Waals surface area contributed by atoms with Gasteiger partial charge >= 0.3 is 71.0 Å². The average Bonchev–Trinajstić information content (AvgIpc) is 1.96. The van der Waals surface area contributed by atoms with Crippen LogP contribution < -0.4 is 4.89 Å². The molecule has 11 heavy (non-hydrogen) atoms. The minimum atomic E-state index is -1.79. The zero-order valence-corrected chi connectivity index (χ0v) is 7.64. The number of hydrogen-bond donors (Lipinski definition) is 1. The van der Waals surface area contributed by atoms with Gasteiger partial charge in [-0.15, -0.1) is 0 Å². The molecule has 0 aliphatic heterocycles. The van der Waals surface area contributed by atoms with Crippen molar-refractivity contribution in [2.24, 2.45) is 0 Å². The molecule has 63 valence electrons. The summed E-state index contributed by atoms with van der Waals surface area (Å²) >= 11 is 0.734. The SMILES string of the molecule is [B]=[P+]([O-])SOCCOCCO. The Kier molecular flexibility index (Phi) is 9.09. The summed E-state index contributed by atoms with van der Waals surface area (Å²) in [7, 11) is 4.90. The second-order valence-electron chi connectivity index (χ2n) is 1.52. The zero-order chi connectivity index (χ0) is 8.53. The molecule has 0 bridgehead atoms. The van der Waals surface area contributed by atoms with Gasteiger partial charge in [-0.25, -0.2) is 0 Å². The molecule has 0 fully saturated rings. The molecule has 0 spiro atoms.